The Balaban J connectivity index is 2.05. The van der Waals surface area contributed by atoms with E-state index in [1.54, 1.807) is 6.07 Å². The number of benzene rings is 1. The minimum Gasteiger partial charge on any atom is -0.508 e. The van der Waals surface area contributed by atoms with Crippen molar-refractivity contribution in [3.63, 3.8) is 0 Å². The molecule has 17 heavy (non-hydrogen) atoms. The Bertz CT molecular complexity index is 410. The molecule has 3 nitrogen and oxygen atoms in total. The fraction of sp³-hybridized carbons (Fsp3) is 0.538. The number of nitrogens with zero attached hydrogens (tertiary/aromatic N) is 1. The first kappa shape index (κ1) is 12.9. The highest BCUT2D eigenvalue weighted by atomic mass is 79.9. The maximum absolute atomic E-state index is 9.50. The molecule has 0 radical (unpaired) electrons. The molecule has 1 aliphatic heterocycles. The van der Waals surface area contributed by atoms with Crippen molar-refractivity contribution in [1.29, 1.82) is 0 Å². The van der Waals surface area contributed by atoms with Crippen LogP contribution in [0.15, 0.2) is 22.7 Å². The number of phenolic OH excluding ortho intramolecular Hbond substituents is 1. The van der Waals surface area contributed by atoms with Gasteiger partial charge in [-0.2, -0.15) is 0 Å². The summed E-state index contributed by atoms with van der Waals surface area (Å²) in [5, 5.41) is 9.50. The minimum atomic E-state index is 0.253. The Morgan fingerprint density at radius 3 is 2.94 bits per heavy atom. The van der Waals surface area contributed by atoms with Crippen LogP contribution in [-0.4, -0.2) is 29.6 Å². The van der Waals surface area contributed by atoms with Gasteiger partial charge in [0.25, 0.3) is 0 Å². The van der Waals surface area contributed by atoms with Crippen LogP contribution in [0, 0.1) is 5.41 Å². The number of likely N-dealkylation sites (tertiary alicyclic amines) is 1. The molecule has 1 atom stereocenters. The second-order valence-corrected chi connectivity index (χ2v) is 6.11. The monoisotopic (exact) mass is 298 g/mol. The Kier molecular flexibility index (Phi) is 3.76. The van der Waals surface area contributed by atoms with Crippen LogP contribution in [0.3, 0.4) is 0 Å². The van der Waals surface area contributed by atoms with E-state index >= 15 is 0 Å². The summed E-state index contributed by atoms with van der Waals surface area (Å²) in [5.74, 6) is 0.323. The molecule has 3 N–H and O–H groups in total. The van der Waals surface area contributed by atoms with Gasteiger partial charge < -0.3 is 10.8 Å². The van der Waals surface area contributed by atoms with Crippen LogP contribution in [0.1, 0.15) is 18.9 Å². The van der Waals surface area contributed by atoms with E-state index in [2.05, 4.69) is 27.8 Å². The van der Waals surface area contributed by atoms with Crippen molar-refractivity contribution < 1.29 is 5.11 Å². The molecule has 0 bridgehead atoms. The van der Waals surface area contributed by atoms with Gasteiger partial charge in [0.2, 0.25) is 0 Å². The second kappa shape index (κ2) is 4.96. The molecular formula is C13H19BrN2O. The molecule has 1 fully saturated rings. The van der Waals surface area contributed by atoms with Crippen LogP contribution >= 0.6 is 15.9 Å². The van der Waals surface area contributed by atoms with Crippen LogP contribution in [0.4, 0.5) is 0 Å². The molecule has 0 aromatic heterocycles. The number of halogens is 1. The van der Waals surface area contributed by atoms with Crippen LogP contribution in [0.2, 0.25) is 0 Å². The van der Waals surface area contributed by atoms with Gasteiger partial charge in [-0.1, -0.05) is 22.9 Å². The van der Waals surface area contributed by atoms with E-state index in [1.165, 1.54) is 0 Å². The van der Waals surface area contributed by atoms with Crippen molar-refractivity contribution in [3.05, 3.63) is 28.2 Å². The number of nitrogens with two attached hydrogens (primary N) is 1. The van der Waals surface area contributed by atoms with Crippen molar-refractivity contribution in [1.82, 2.24) is 4.90 Å². The van der Waals surface area contributed by atoms with Gasteiger partial charge in [0.05, 0.1) is 0 Å². The molecule has 0 saturated carbocycles. The van der Waals surface area contributed by atoms with Gasteiger partial charge in [-0.3, -0.25) is 4.90 Å². The predicted molar refractivity (Wildman–Crippen MR) is 72.9 cm³/mol. The lowest BCUT2D eigenvalue weighted by Crippen LogP contribution is -2.31. The van der Waals surface area contributed by atoms with E-state index in [1.807, 2.05) is 12.1 Å². The summed E-state index contributed by atoms with van der Waals surface area (Å²) >= 11 is 3.52. The largest absolute Gasteiger partial charge is 0.508 e. The second-order valence-electron chi connectivity index (χ2n) is 5.25. The predicted octanol–water partition coefficient (Wildman–Crippen LogP) is 2.33. The normalized spacial score (nSPS) is 25.4. The third-order valence-electron chi connectivity index (χ3n) is 3.55. The molecule has 1 heterocycles. The first-order chi connectivity index (χ1) is 8.02. The number of hydrogen-bond acceptors (Lipinski definition) is 3. The van der Waals surface area contributed by atoms with Crippen LogP contribution in [0.25, 0.3) is 0 Å². The molecule has 1 saturated heterocycles. The quantitative estimate of drug-likeness (QED) is 0.900. The first-order valence-corrected chi connectivity index (χ1v) is 6.71. The summed E-state index contributed by atoms with van der Waals surface area (Å²) in [5.41, 5.74) is 7.19. The summed E-state index contributed by atoms with van der Waals surface area (Å²) < 4.78 is 1.05. The highest BCUT2D eigenvalue weighted by molar-refractivity contribution is 9.10. The van der Waals surface area contributed by atoms with E-state index < -0.39 is 0 Å². The molecule has 94 valence electrons. The van der Waals surface area contributed by atoms with Crippen LogP contribution in [-0.2, 0) is 6.54 Å². The molecule has 1 aromatic rings. The van der Waals surface area contributed by atoms with Gasteiger partial charge in [0.15, 0.2) is 0 Å². The molecule has 1 aliphatic rings. The number of aromatic hydroxyl groups is 1. The Morgan fingerprint density at radius 1 is 1.53 bits per heavy atom. The molecule has 1 unspecified atom stereocenters. The van der Waals surface area contributed by atoms with Gasteiger partial charge >= 0.3 is 0 Å². The zero-order chi connectivity index (χ0) is 12.5. The van der Waals surface area contributed by atoms with Crippen molar-refractivity contribution >= 4 is 15.9 Å². The fourth-order valence-corrected chi connectivity index (χ4v) is 2.72. The Labute approximate surface area is 111 Å². The van der Waals surface area contributed by atoms with Gasteiger partial charge in [-0.25, -0.2) is 0 Å². The van der Waals surface area contributed by atoms with Gasteiger partial charge in [-0.15, -0.1) is 0 Å². The smallest absolute Gasteiger partial charge is 0.115 e. The number of phenols is 1. The van der Waals surface area contributed by atoms with Gasteiger partial charge in [0.1, 0.15) is 5.75 Å². The number of rotatable bonds is 3. The zero-order valence-electron chi connectivity index (χ0n) is 10.1. The highest BCUT2D eigenvalue weighted by Crippen LogP contribution is 2.31. The summed E-state index contributed by atoms with van der Waals surface area (Å²) in [6.45, 7) is 5.96. The third kappa shape index (κ3) is 3.00. The van der Waals surface area contributed by atoms with E-state index in [0.29, 0.717) is 5.75 Å². The lowest BCUT2D eigenvalue weighted by atomic mass is 9.90. The van der Waals surface area contributed by atoms with Crippen molar-refractivity contribution in [2.45, 2.75) is 19.9 Å². The van der Waals surface area contributed by atoms with Crippen molar-refractivity contribution in [3.8, 4) is 5.75 Å². The van der Waals surface area contributed by atoms with Crippen molar-refractivity contribution in [2.24, 2.45) is 11.1 Å². The third-order valence-corrected chi connectivity index (χ3v) is 4.33. The minimum absolute atomic E-state index is 0.253. The fourth-order valence-electron chi connectivity index (χ4n) is 2.35. The average Bonchev–Trinajstić information content (AvgIpc) is 2.67. The van der Waals surface area contributed by atoms with Crippen LogP contribution < -0.4 is 5.73 Å². The molecule has 1 aromatic carbocycles. The first-order valence-electron chi connectivity index (χ1n) is 5.92. The Hall–Kier alpha value is -0.580. The standard InChI is InChI=1S/C13H19BrN2O/c1-13(8-15)4-5-16(9-13)7-10-6-11(17)2-3-12(10)14/h2-3,6,17H,4-5,7-9,15H2,1H3. The topological polar surface area (TPSA) is 49.5 Å². The summed E-state index contributed by atoms with van der Waals surface area (Å²) in [6.07, 6.45) is 1.15. The summed E-state index contributed by atoms with van der Waals surface area (Å²) in [7, 11) is 0. The maximum atomic E-state index is 9.50. The summed E-state index contributed by atoms with van der Waals surface area (Å²) in [6, 6.07) is 5.41. The lowest BCUT2D eigenvalue weighted by Gasteiger charge is -2.23. The highest BCUT2D eigenvalue weighted by Gasteiger charge is 2.32. The van der Waals surface area contributed by atoms with Gasteiger partial charge in [-0.05, 0) is 48.7 Å². The molecular weight excluding hydrogens is 280 g/mol. The van der Waals surface area contributed by atoms with E-state index in [0.717, 1.165) is 42.6 Å². The van der Waals surface area contributed by atoms with E-state index in [-0.39, 0.29) is 5.41 Å². The SMILES string of the molecule is CC1(CN)CCN(Cc2cc(O)ccc2Br)C1. The molecule has 0 amide bonds. The molecule has 0 aliphatic carbocycles. The van der Waals surface area contributed by atoms with E-state index in [4.69, 9.17) is 5.73 Å². The molecule has 0 spiro atoms. The summed E-state index contributed by atoms with van der Waals surface area (Å²) in [4.78, 5) is 2.40. The average molecular weight is 299 g/mol. The van der Waals surface area contributed by atoms with E-state index in [9.17, 15) is 5.11 Å². The molecule has 4 heteroatoms. The van der Waals surface area contributed by atoms with Crippen molar-refractivity contribution in [2.75, 3.05) is 19.6 Å². The van der Waals surface area contributed by atoms with Gasteiger partial charge in [0, 0.05) is 17.6 Å². The van der Waals surface area contributed by atoms with Crippen LogP contribution in [0.5, 0.6) is 5.75 Å². The maximum Gasteiger partial charge on any atom is 0.115 e. The lowest BCUT2D eigenvalue weighted by molar-refractivity contribution is 0.274. The zero-order valence-corrected chi connectivity index (χ0v) is 11.7. The molecule has 2 rings (SSSR count). The Morgan fingerprint density at radius 2 is 2.29 bits per heavy atom. The number of hydrogen-bond donors (Lipinski definition) is 2.